The zero-order valence-electron chi connectivity index (χ0n) is 15.8. The van der Waals surface area contributed by atoms with E-state index in [0.29, 0.717) is 19.5 Å². The van der Waals surface area contributed by atoms with Crippen LogP contribution in [0.2, 0.25) is 0 Å². The molecule has 26 heavy (non-hydrogen) atoms. The van der Waals surface area contributed by atoms with Crippen molar-refractivity contribution in [3.8, 4) is 0 Å². The molecule has 0 bridgehead atoms. The number of nitrogens with zero attached hydrogens (tertiary/aromatic N) is 2. The maximum atomic E-state index is 12.9. The van der Waals surface area contributed by atoms with Crippen molar-refractivity contribution < 1.29 is 9.59 Å². The lowest BCUT2D eigenvalue weighted by atomic mass is 10.0. The third kappa shape index (κ3) is 3.23. The van der Waals surface area contributed by atoms with Crippen molar-refractivity contribution in [2.24, 2.45) is 0 Å². The summed E-state index contributed by atoms with van der Waals surface area (Å²) in [6.45, 7) is 8.43. The highest BCUT2D eigenvalue weighted by molar-refractivity contribution is 6.05. The maximum absolute atomic E-state index is 12.9. The fraction of sp³-hybridized carbons (Fsp3) is 0.450. The monoisotopic (exact) mass is 355 g/mol. The van der Waals surface area contributed by atoms with E-state index >= 15 is 0 Å². The molecule has 3 rings (SSSR count). The van der Waals surface area contributed by atoms with Gasteiger partial charge >= 0.3 is 0 Å². The molecule has 0 unspecified atom stereocenters. The van der Waals surface area contributed by atoms with Crippen LogP contribution in [-0.2, 0) is 11.3 Å². The summed E-state index contributed by atoms with van der Waals surface area (Å²) in [6.07, 6.45) is 1.26. The standard InChI is InChI=1S/C20H25N3O3/c1-5-7-16(24)22-10-11-23-17-13(8-6-9-15(17)22)12-14(19(23)26)18(25)21-20(2,3)4/h6,8-9,12H,5,7,10-11H2,1-4H3,(H,21,25). The first kappa shape index (κ1) is 18.2. The predicted molar refractivity (Wildman–Crippen MR) is 103 cm³/mol. The van der Waals surface area contributed by atoms with Crippen LogP contribution in [0.3, 0.4) is 0 Å². The fourth-order valence-electron chi connectivity index (χ4n) is 3.35. The van der Waals surface area contributed by atoms with Crippen LogP contribution in [0.1, 0.15) is 50.9 Å². The minimum Gasteiger partial charge on any atom is -0.347 e. The molecular weight excluding hydrogens is 330 g/mol. The molecule has 0 fully saturated rings. The summed E-state index contributed by atoms with van der Waals surface area (Å²) in [6, 6.07) is 7.22. The van der Waals surface area contributed by atoms with Gasteiger partial charge in [-0.3, -0.25) is 14.4 Å². The number of pyridine rings is 1. The average molecular weight is 355 g/mol. The maximum Gasteiger partial charge on any atom is 0.264 e. The molecule has 2 heterocycles. The van der Waals surface area contributed by atoms with Crippen molar-refractivity contribution in [2.45, 2.75) is 52.6 Å². The smallest absolute Gasteiger partial charge is 0.264 e. The molecule has 6 heteroatoms. The van der Waals surface area contributed by atoms with E-state index in [1.54, 1.807) is 15.5 Å². The van der Waals surface area contributed by atoms with Gasteiger partial charge in [0.2, 0.25) is 5.91 Å². The molecule has 0 spiro atoms. The summed E-state index contributed by atoms with van der Waals surface area (Å²) in [5.74, 6) is -0.309. The van der Waals surface area contributed by atoms with Gasteiger partial charge in [-0.2, -0.15) is 0 Å². The Morgan fingerprint density at radius 1 is 1.19 bits per heavy atom. The molecule has 1 aliphatic rings. The van der Waals surface area contributed by atoms with Crippen molar-refractivity contribution in [1.82, 2.24) is 9.88 Å². The van der Waals surface area contributed by atoms with E-state index in [4.69, 9.17) is 0 Å². The Morgan fingerprint density at radius 2 is 1.92 bits per heavy atom. The molecule has 0 aliphatic carbocycles. The van der Waals surface area contributed by atoms with Crippen LogP contribution in [0.5, 0.6) is 0 Å². The molecule has 1 aromatic heterocycles. The highest BCUT2D eigenvalue weighted by atomic mass is 16.2. The van der Waals surface area contributed by atoms with Crippen molar-refractivity contribution in [2.75, 3.05) is 11.4 Å². The molecule has 0 atom stereocenters. The molecule has 2 amide bonds. The SMILES string of the molecule is CCCC(=O)N1CCn2c(=O)c(C(=O)NC(C)(C)C)cc3cccc1c32. The molecule has 2 aromatic rings. The van der Waals surface area contributed by atoms with Crippen molar-refractivity contribution >= 4 is 28.4 Å². The second-order valence-corrected chi connectivity index (χ2v) is 7.73. The fourth-order valence-corrected chi connectivity index (χ4v) is 3.35. The Kier molecular flexibility index (Phi) is 4.61. The normalized spacial score (nSPS) is 13.8. The molecule has 138 valence electrons. The number of anilines is 1. The number of benzene rings is 1. The molecule has 6 nitrogen and oxygen atoms in total. The summed E-state index contributed by atoms with van der Waals surface area (Å²) >= 11 is 0. The van der Waals surface area contributed by atoms with Crippen LogP contribution in [0.15, 0.2) is 29.1 Å². The Bertz CT molecular complexity index is 938. The van der Waals surface area contributed by atoms with Gasteiger partial charge in [0.15, 0.2) is 0 Å². The molecule has 1 aliphatic heterocycles. The number of para-hydroxylation sites is 1. The van der Waals surface area contributed by atoms with Gasteiger partial charge < -0.3 is 14.8 Å². The first-order valence-corrected chi connectivity index (χ1v) is 9.02. The van der Waals surface area contributed by atoms with Crippen LogP contribution >= 0.6 is 0 Å². The lowest BCUT2D eigenvalue weighted by Gasteiger charge is -2.31. The van der Waals surface area contributed by atoms with E-state index in [9.17, 15) is 14.4 Å². The third-order valence-electron chi connectivity index (χ3n) is 4.43. The predicted octanol–water partition coefficient (Wildman–Crippen LogP) is 2.68. The van der Waals surface area contributed by atoms with E-state index in [-0.39, 0.29) is 22.9 Å². The minimum absolute atomic E-state index is 0.0632. The number of nitrogens with one attached hydrogen (secondary N) is 1. The number of aromatic nitrogens is 1. The molecule has 1 N–H and O–H groups in total. The minimum atomic E-state index is -0.425. The second-order valence-electron chi connectivity index (χ2n) is 7.73. The van der Waals surface area contributed by atoms with Gasteiger partial charge in [-0.15, -0.1) is 0 Å². The first-order valence-electron chi connectivity index (χ1n) is 9.02. The summed E-state index contributed by atoms with van der Waals surface area (Å²) < 4.78 is 1.62. The van der Waals surface area contributed by atoms with Crippen molar-refractivity contribution in [1.29, 1.82) is 0 Å². The quantitative estimate of drug-likeness (QED) is 0.920. The molecular formula is C20H25N3O3. The van der Waals surface area contributed by atoms with Gasteiger partial charge in [-0.05, 0) is 39.3 Å². The van der Waals surface area contributed by atoms with Crippen LogP contribution in [-0.4, -0.2) is 28.5 Å². The Labute approximate surface area is 152 Å². The largest absolute Gasteiger partial charge is 0.347 e. The number of hydrogen-bond donors (Lipinski definition) is 1. The van der Waals surface area contributed by atoms with Gasteiger partial charge in [-0.1, -0.05) is 19.1 Å². The van der Waals surface area contributed by atoms with Gasteiger partial charge in [-0.25, -0.2) is 0 Å². The number of rotatable bonds is 3. The zero-order chi connectivity index (χ0) is 19.1. The third-order valence-corrected chi connectivity index (χ3v) is 4.43. The van der Waals surface area contributed by atoms with Crippen LogP contribution in [0, 0.1) is 0 Å². The molecule has 0 saturated heterocycles. The van der Waals surface area contributed by atoms with E-state index in [1.165, 1.54) is 0 Å². The van der Waals surface area contributed by atoms with E-state index in [1.807, 2.05) is 45.9 Å². The van der Waals surface area contributed by atoms with Crippen molar-refractivity contribution in [3.05, 3.63) is 40.2 Å². The Balaban J connectivity index is 2.15. The van der Waals surface area contributed by atoms with E-state index < -0.39 is 5.54 Å². The summed E-state index contributed by atoms with van der Waals surface area (Å²) in [5, 5.41) is 3.64. The summed E-state index contributed by atoms with van der Waals surface area (Å²) in [5.41, 5.74) is 0.866. The number of hydrogen-bond acceptors (Lipinski definition) is 3. The Hall–Kier alpha value is -2.63. The van der Waals surface area contributed by atoms with Gasteiger partial charge in [0, 0.05) is 30.4 Å². The molecule has 0 radical (unpaired) electrons. The van der Waals surface area contributed by atoms with Crippen LogP contribution in [0.4, 0.5) is 5.69 Å². The molecule has 0 saturated carbocycles. The van der Waals surface area contributed by atoms with Crippen molar-refractivity contribution in [3.63, 3.8) is 0 Å². The van der Waals surface area contributed by atoms with Gasteiger partial charge in [0.1, 0.15) is 5.56 Å². The lowest BCUT2D eigenvalue weighted by molar-refractivity contribution is -0.118. The highest BCUT2D eigenvalue weighted by Gasteiger charge is 2.27. The average Bonchev–Trinajstić information content (AvgIpc) is 2.56. The highest BCUT2D eigenvalue weighted by Crippen LogP contribution is 2.30. The molecule has 1 aromatic carbocycles. The van der Waals surface area contributed by atoms with Crippen LogP contribution < -0.4 is 15.8 Å². The number of amides is 2. The second kappa shape index (κ2) is 6.59. The topological polar surface area (TPSA) is 71.4 Å². The summed E-state index contributed by atoms with van der Waals surface area (Å²) in [7, 11) is 0. The Morgan fingerprint density at radius 3 is 2.58 bits per heavy atom. The first-order chi connectivity index (χ1) is 12.2. The summed E-state index contributed by atoms with van der Waals surface area (Å²) in [4.78, 5) is 39.7. The van der Waals surface area contributed by atoms with Gasteiger partial charge in [0.05, 0.1) is 11.2 Å². The number of carbonyl (C=O) groups excluding carboxylic acids is 2. The van der Waals surface area contributed by atoms with E-state index in [2.05, 4.69) is 5.32 Å². The lowest BCUT2D eigenvalue weighted by Crippen LogP contribution is -2.45. The van der Waals surface area contributed by atoms with Gasteiger partial charge in [0.25, 0.3) is 11.5 Å². The zero-order valence-corrected chi connectivity index (χ0v) is 15.8. The number of carbonyl (C=O) groups is 2. The van der Waals surface area contributed by atoms with Crippen LogP contribution in [0.25, 0.3) is 10.9 Å². The van der Waals surface area contributed by atoms with E-state index in [0.717, 1.165) is 23.0 Å².